The molecule has 5 aromatic rings. The van der Waals surface area contributed by atoms with E-state index in [1.807, 2.05) is 0 Å². The predicted molar refractivity (Wildman–Crippen MR) is 263 cm³/mol. The first-order chi connectivity index (χ1) is 27.8. The number of furan rings is 1. The van der Waals surface area contributed by atoms with Crippen LogP contribution < -0.4 is 26.8 Å². The third-order valence-electron chi connectivity index (χ3n) is 15.1. The van der Waals surface area contributed by atoms with Crippen molar-refractivity contribution >= 4 is 57.0 Å². The first-order valence-corrected chi connectivity index (χ1v) is 23.1. The minimum Gasteiger partial charge on any atom is -0.470 e. The van der Waals surface area contributed by atoms with Crippen molar-refractivity contribution in [1.29, 1.82) is 0 Å². The lowest BCUT2D eigenvalue weighted by Gasteiger charge is -2.45. The van der Waals surface area contributed by atoms with E-state index in [4.69, 9.17) is 4.42 Å². The van der Waals surface area contributed by atoms with Crippen LogP contribution in [0.25, 0.3) is 11.0 Å². The Morgan fingerprint density at radius 3 is 1.73 bits per heavy atom. The second-order valence-electron chi connectivity index (χ2n) is 23.6. The lowest BCUT2D eigenvalue weighted by molar-refractivity contribution is 0.332. The van der Waals surface area contributed by atoms with Crippen LogP contribution in [0.15, 0.2) is 71.3 Å². The smallest absolute Gasteiger partial charge is 0.294 e. The minimum absolute atomic E-state index is 0.00723. The summed E-state index contributed by atoms with van der Waals surface area (Å²) in [6, 6.07) is 22.4. The lowest BCUT2D eigenvalue weighted by Crippen LogP contribution is -2.58. The van der Waals surface area contributed by atoms with Gasteiger partial charge in [0.25, 0.3) is 6.71 Å². The lowest BCUT2D eigenvalue weighted by atomic mass is 9.36. The van der Waals surface area contributed by atoms with E-state index in [0.29, 0.717) is 0 Å². The molecule has 8 rings (SSSR count). The van der Waals surface area contributed by atoms with Gasteiger partial charge >= 0.3 is 0 Å². The Morgan fingerprint density at radius 2 is 1.18 bits per heavy atom. The SMILES string of the molecule is C/C=C/Nc1cc(CC)cc2c1B(c1cc3cc4c(cc3o1)C(C)(C)CCC4(C)C)c1cc3c(cc1N2c1cc(C(C)(C)C)c(C(C)(C)C)cc1C)C(C)(C)CCC3(C)C. The Kier molecular flexibility index (Phi) is 9.86. The van der Waals surface area contributed by atoms with Crippen molar-refractivity contribution in [3.05, 3.63) is 111 Å². The van der Waals surface area contributed by atoms with Gasteiger partial charge in [-0.05, 0) is 183 Å². The van der Waals surface area contributed by atoms with Crippen LogP contribution in [0, 0.1) is 6.92 Å². The van der Waals surface area contributed by atoms with Crippen LogP contribution in [0.5, 0.6) is 0 Å². The van der Waals surface area contributed by atoms with Crippen molar-refractivity contribution < 1.29 is 4.42 Å². The van der Waals surface area contributed by atoms with Crippen LogP contribution in [0.4, 0.5) is 22.7 Å². The predicted octanol–water partition coefficient (Wildman–Crippen LogP) is 13.8. The molecule has 3 nitrogen and oxygen atoms in total. The molecule has 60 heavy (non-hydrogen) atoms. The van der Waals surface area contributed by atoms with Gasteiger partial charge in [0.2, 0.25) is 0 Å². The second kappa shape index (κ2) is 13.9. The van der Waals surface area contributed by atoms with E-state index >= 15 is 0 Å². The number of allylic oxidation sites excluding steroid dienone is 1. The summed E-state index contributed by atoms with van der Waals surface area (Å²) in [5, 5.41) is 5.03. The van der Waals surface area contributed by atoms with Crippen molar-refractivity contribution in [3.8, 4) is 0 Å². The van der Waals surface area contributed by atoms with Gasteiger partial charge in [-0.1, -0.05) is 122 Å². The number of rotatable bonds is 5. The fourth-order valence-electron chi connectivity index (χ4n) is 11.0. The summed E-state index contributed by atoms with van der Waals surface area (Å²) in [6.07, 6.45) is 9.83. The van der Waals surface area contributed by atoms with Gasteiger partial charge in [-0.3, -0.25) is 0 Å². The Morgan fingerprint density at radius 1 is 0.650 bits per heavy atom. The van der Waals surface area contributed by atoms with Crippen LogP contribution in [-0.2, 0) is 38.9 Å². The van der Waals surface area contributed by atoms with E-state index in [1.165, 1.54) is 90.7 Å². The topological polar surface area (TPSA) is 28.4 Å². The summed E-state index contributed by atoms with van der Waals surface area (Å²) in [7, 11) is 0. The zero-order valence-corrected chi connectivity index (χ0v) is 40.3. The molecule has 316 valence electrons. The maximum atomic E-state index is 7.32. The van der Waals surface area contributed by atoms with Gasteiger partial charge in [0.1, 0.15) is 5.58 Å². The van der Waals surface area contributed by atoms with Gasteiger partial charge in [0, 0.05) is 28.1 Å². The highest BCUT2D eigenvalue weighted by atomic mass is 16.3. The number of fused-ring (bicyclic) bond motifs is 5. The van der Waals surface area contributed by atoms with E-state index in [-0.39, 0.29) is 39.2 Å². The highest BCUT2D eigenvalue weighted by Gasteiger charge is 2.46. The van der Waals surface area contributed by atoms with Crippen LogP contribution >= 0.6 is 0 Å². The molecule has 1 N–H and O–H groups in total. The van der Waals surface area contributed by atoms with Crippen molar-refractivity contribution in [2.45, 2.75) is 182 Å². The molecule has 0 saturated carbocycles. The first-order valence-electron chi connectivity index (χ1n) is 23.1. The number of hydrogen-bond donors (Lipinski definition) is 1. The van der Waals surface area contributed by atoms with E-state index in [0.717, 1.165) is 36.2 Å². The molecular formula is C56H73BN2O. The number of hydrogen-bond acceptors (Lipinski definition) is 3. The molecule has 0 fully saturated rings. The van der Waals surface area contributed by atoms with Crippen molar-refractivity contribution in [2.24, 2.45) is 0 Å². The summed E-state index contributed by atoms with van der Waals surface area (Å²) >= 11 is 0. The molecule has 3 aliphatic rings. The Hall–Kier alpha value is -4.18. The molecule has 1 aromatic heterocycles. The maximum absolute atomic E-state index is 7.32. The van der Waals surface area contributed by atoms with Gasteiger partial charge in [-0.15, -0.1) is 0 Å². The third-order valence-corrected chi connectivity index (χ3v) is 15.1. The van der Waals surface area contributed by atoms with E-state index < -0.39 is 0 Å². The Labute approximate surface area is 363 Å². The molecule has 4 heteroatoms. The van der Waals surface area contributed by atoms with Crippen LogP contribution in [0.1, 0.15) is 181 Å². The fourth-order valence-corrected chi connectivity index (χ4v) is 11.0. The molecule has 2 heterocycles. The molecule has 0 spiro atoms. The molecule has 0 saturated heterocycles. The second-order valence-corrected chi connectivity index (χ2v) is 23.6. The minimum atomic E-state index is -0.127. The number of aryl methyl sites for hydroxylation is 2. The monoisotopic (exact) mass is 801 g/mol. The molecule has 0 bridgehead atoms. The van der Waals surface area contributed by atoms with Crippen LogP contribution in [0.2, 0.25) is 0 Å². The summed E-state index contributed by atoms with van der Waals surface area (Å²) in [5.74, 6) is 0. The average Bonchev–Trinajstić information content (AvgIpc) is 3.58. The zero-order valence-electron chi connectivity index (χ0n) is 40.3. The van der Waals surface area contributed by atoms with E-state index in [1.54, 1.807) is 0 Å². The van der Waals surface area contributed by atoms with Gasteiger partial charge in [-0.2, -0.15) is 0 Å². The molecule has 1 aliphatic heterocycles. The van der Waals surface area contributed by atoms with Crippen molar-refractivity contribution in [2.75, 3.05) is 10.2 Å². The van der Waals surface area contributed by atoms with Crippen molar-refractivity contribution in [3.63, 3.8) is 0 Å². The number of nitrogens with one attached hydrogen (secondary N) is 1. The summed E-state index contributed by atoms with van der Waals surface area (Å²) in [4.78, 5) is 2.66. The summed E-state index contributed by atoms with van der Waals surface area (Å²) < 4.78 is 7.32. The Balaban J connectivity index is 1.51. The number of benzene rings is 4. The first kappa shape index (κ1) is 42.5. The summed E-state index contributed by atoms with van der Waals surface area (Å²) in [5.41, 5.74) is 21.1. The van der Waals surface area contributed by atoms with Gasteiger partial charge in [0.15, 0.2) is 0 Å². The maximum Gasteiger partial charge on any atom is 0.294 e. The van der Waals surface area contributed by atoms with Crippen LogP contribution in [0.3, 0.4) is 0 Å². The van der Waals surface area contributed by atoms with Crippen molar-refractivity contribution in [1.82, 2.24) is 0 Å². The van der Waals surface area contributed by atoms with Gasteiger partial charge in [-0.25, -0.2) is 0 Å². The molecule has 0 atom stereocenters. The molecule has 4 aromatic carbocycles. The molecule has 2 aliphatic carbocycles. The average molecular weight is 801 g/mol. The molecule has 0 unspecified atom stereocenters. The molecular weight excluding hydrogens is 727 g/mol. The zero-order chi connectivity index (χ0) is 43.7. The highest BCUT2D eigenvalue weighted by molar-refractivity contribution is 6.98. The quantitative estimate of drug-likeness (QED) is 0.176. The van der Waals surface area contributed by atoms with E-state index in [9.17, 15) is 0 Å². The summed E-state index contributed by atoms with van der Waals surface area (Å²) in [6.45, 7) is 40.3. The van der Waals surface area contributed by atoms with Gasteiger partial charge in [0.05, 0.1) is 5.66 Å². The van der Waals surface area contributed by atoms with Gasteiger partial charge < -0.3 is 14.6 Å². The normalized spacial score (nSPS) is 18.9. The third kappa shape index (κ3) is 6.87. The largest absolute Gasteiger partial charge is 0.470 e. The van der Waals surface area contributed by atoms with E-state index in [2.05, 4.69) is 195 Å². The molecule has 0 radical (unpaired) electrons. The standard InChI is InChI=1S/C56H73BN2O/c1-18-24-58-44-26-35(19-2)27-47-50(44)57(49-29-36-28-39-42(33-48(36)60-49)56(16,17)23-20-53(39,10)11)43-30-40-41(55(14,15)22-21-54(40,12)13)32-46(43)59(47)45-31-38(52(7,8)9)37(25-34(45)3)51(4,5)6/h18,24-33,58H,19-23H2,1-17H3/b24-18+. The number of nitrogens with zero attached hydrogens (tertiary/aromatic N) is 1. The highest BCUT2D eigenvalue weighted by Crippen LogP contribution is 2.51. The fraction of sp³-hybridized carbons (Fsp3) is 0.500. The number of anilines is 4. The Bertz CT molecular complexity index is 2510. The van der Waals surface area contributed by atoms with Crippen LogP contribution in [-0.4, -0.2) is 6.71 Å². The molecule has 0 amide bonds.